The van der Waals surface area contributed by atoms with Crippen LogP contribution in [0.25, 0.3) is 0 Å². The maximum Gasteiger partial charge on any atom is 0.329 e. The minimum absolute atomic E-state index is 0.137. The lowest BCUT2D eigenvalue weighted by atomic mass is 9.75. The summed E-state index contributed by atoms with van der Waals surface area (Å²) >= 11 is 0. The molecule has 1 fully saturated rings. The van der Waals surface area contributed by atoms with Gasteiger partial charge in [0.05, 0.1) is 0 Å². The van der Waals surface area contributed by atoms with Gasteiger partial charge >= 0.3 is 12.0 Å². The molecule has 1 aliphatic carbocycles. The summed E-state index contributed by atoms with van der Waals surface area (Å²) in [5.74, 6) is -0.988. The Morgan fingerprint density at radius 2 is 2.05 bits per heavy atom. The molecule has 0 aromatic carbocycles. The molecule has 5 heteroatoms. The van der Waals surface area contributed by atoms with E-state index in [0.717, 1.165) is 19.3 Å². The molecule has 0 aromatic rings. The molecule has 1 rings (SSSR count). The summed E-state index contributed by atoms with van der Waals surface area (Å²) in [5, 5.41) is 14.8. The molecule has 2 unspecified atom stereocenters. The fraction of sp³-hybridized carbons (Fsp3) is 0.867. The maximum absolute atomic E-state index is 12.0. The van der Waals surface area contributed by atoms with Crippen LogP contribution in [0.5, 0.6) is 0 Å². The number of rotatable bonds is 5. The van der Waals surface area contributed by atoms with Gasteiger partial charge < -0.3 is 15.7 Å². The van der Waals surface area contributed by atoms with Crippen LogP contribution in [-0.4, -0.2) is 28.7 Å². The van der Waals surface area contributed by atoms with Crippen molar-refractivity contribution in [2.24, 2.45) is 5.41 Å². The highest BCUT2D eigenvalue weighted by Crippen LogP contribution is 2.35. The molecule has 1 saturated carbocycles. The van der Waals surface area contributed by atoms with E-state index in [0.29, 0.717) is 12.8 Å². The summed E-state index contributed by atoms with van der Waals surface area (Å²) < 4.78 is 0. The second kappa shape index (κ2) is 6.46. The Morgan fingerprint density at radius 3 is 2.55 bits per heavy atom. The average molecular weight is 284 g/mol. The van der Waals surface area contributed by atoms with Gasteiger partial charge in [-0.3, -0.25) is 0 Å². The van der Waals surface area contributed by atoms with E-state index in [4.69, 9.17) is 0 Å². The smallest absolute Gasteiger partial charge is 0.329 e. The van der Waals surface area contributed by atoms with Gasteiger partial charge in [0.25, 0.3) is 0 Å². The molecule has 116 valence electrons. The topological polar surface area (TPSA) is 78.4 Å². The van der Waals surface area contributed by atoms with Crippen LogP contribution < -0.4 is 10.6 Å². The summed E-state index contributed by atoms with van der Waals surface area (Å²) in [6.45, 7) is 7.88. The van der Waals surface area contributed by atoms with Crippen LogP contribution in [0.15, 0.2) is 0 Å². The molecule has 5 nitrogen and oxygen atoms in total. The van der Waals surface area contributed by atoms with Crippen LogP contribution in [0.2, 0.25) is 0 Å². The first-order valence-electron chi connectivity index (χ1n) is 7.50. The molecule has 0 heterocycles. The molecule has 0 aliphatic heterocycles. The van der Waals surface area contributed by atoms with E-state index in [2.05, 4.69) is 24.5 Å². The number of carboxylic acid groups (broad SMARTS) is 1. The number of urea groups is 1. The third kappa shape index (κ3) is 4.69. The lowest BCUT2D eigenvalue weighted by Crippen LogP contribution is -2.57. The fourth-order valence-electron chi connectivity index (χ4n) is 3.02. The fourth-order valence-corrected chi connectivity index (χ4v) is 3.02. The van der Waals surface area contributed by atoms with E-state index in [-0.39, 0.29) is 17.5 Å². The van der Waals surface area contributed by atoms with Crippen LogP contribution in [0.3, 0.4) is 0 Å². The molecule has 3 N–H and O–H groups in total. The van der Waals surface area contributed by atoms with Gasteiger partial charge in [0.15, 0.2) is 0 Å². The Kier molecular flexibility index (Phi) is 5.42. The lowest BCUT2D eigenvalue weighted by Gasteiger charge is -2.36. The second-order valence-electron chi connectivity index (χ2n) is 6.94. The van der Waals surface area contributed by atoms with Crippen molar-refractivity contribution >= 4 is 12.0 Å². The second-order valence-corrected chi connectivity index (χ2v) is 6.94. The molecule has 1 aliphatic rings. The maximum atomic E-state index is 12.0. The molecule has 0 bridgehead atoms. The van der Waals surface area contributed by atoms with Gasteiger partial charge in [-0.05, 0) is 38.0 Å². The monoisotopic (exact) mass is 284 g/mol. The molecule has 2 atom stereocenters. The predicted molar refractivity (Wildman–Crippen MR) is 78.7 cm³/mol. The van der Waals surface area contributed by atoms with Gasteiger partial charge in [0.2, 0.25) is 0 Å². The lowest BCUT2D eigenvalue weighted by molar-refractivity contribution is -0.144. The van der Waals surface area contributed by atoms with Gasteiger partial charge in [-0.1, -0.05) is 33.6 Å². The Balaban J connectivity index is 2.56. The van der Waals surface area contributed by atoms with E-state index >= 15 is 0 Å². The summed E-state index contributed by atoms with van der Waals surface area (Å²) in [6, 6.07) is -0.232. The van der Waals surface area contributed by atoms with Crippen molar-refractivity contribution in [3.8, 4) is 0 Å². The summed E-state index contributed by atoms with van der Waals surface area (Å²) in [5.41, 5.74) is -0.946. The van der Waals surface area contributed by atoms with Crippen molar-refractivity contribution in [2.75, 3.05) is 0 Å². The van der Waals surface area contributed by atoms with Crippen molar-refractivity contribution in [3.63, 3.8) is 0 Å². The van der Waals surface area contributed by atoms with E-state index < -0.39 is 11.5 Å². The molecular formula is C15H28N2O3. The van der Waals surface area contributed by atoms with E-state index in [1.165, 1.54) is 6.42 Å². The SMILES string of the molecule is CCCC(C)(NC(=O)NC1CCCC(C)(C)C1)C(=O)O. The normalized spacial score (nSPS) is 24.5. The molecule has 0 spiro atoms. The van der Waals surface area contributed by atoms with E-state index in [1.807, 2.05) is 6.92 Å². The number of aliphatic carboxylic acids is 1. The van der Waals surface area contributed by atoms with Gasteiger partial charge in [0, 0.05) is 6.04 Å². The van der Waals surface area contributed by atoms with Crippen LogP contribution in [-0.2, 0) is 4.79 Å². The van der Waals surface area contributed by atoms with E-state index in [9.17, 15) is 14.7 Å². The van der Waals surface area contributed by atoms with Gasteiger partial charge in [-0.15, -0.1) is 0 Å². The van der Waals surface area contributed by atoms with Crippen molar-refractivity contribution in [3.05, 3.63) is 0 Å². The Hall–Kier alpha value is -1.26. The number of carbonyl (C=O) groups is 2. The van der Waals surface area contributed by atoms with Gasteiger partial charge in [-0.2, -0.15) is 0 Å². The standard InChI is InChI=1S/C15H28N2O3/c1-5-8-15(4,12(18)19)17-13(20)16-11-7-6-9-14(2,3)10-11/h11H,5-10H2,1-4H3,(H,18,19)(H2,16,17,20). The molecule has 20 heavy (non-hydrogen) atoms. The highest BCUT2D eigenvalue weighted by molar-refractivity contribution is 5.85. The van der Waals surface area contributed by atoms with Crippen molar-refractivity contribution < 1.29 is 14.7 Å². The van der Waals surface area contributed by atoms with Crippen molar-refractivity contribution in [2.45, 2.75) is 77.8 Å². The Bertz CT molecular complexity index is 368. The molecular weight excluding hydrogens is 256 g/mol. The number of nitrogens with one attached hydrogen (secondary N) is 2. The highest BCUT2D eigenvalue weighted by atomic mass is 16.4. The zero-order chi connectivity index (χ0) is 15.4. The van der Waals surface area contributed by atoms with Crippen LogP contribution in [0.1, 0.15) is 66.2 Å². The number of amides is 2. The highest BCUT2D eigenvalue weighted by Gasteiger charge is 2.35. The van der Waals surface area contributed by atoms with Crippen LogP contribution in [0, 0.1) is 5.41 Å². The first-order valence-corrected chi connectivity index (χ1v) is 7.50. The van der Waals surface area contributed by atoms with Crippen molar-refractivity contribution in [1.29, 1.82) is 0 Å². The molecule has 0 radical (unpaired) electrons. The quantitative estimate of drug-likeness (QED) is 0.726. The number of carbonyl (C=O) groups excluding carboxylic acids is 1. The average Bonchev–Trinajstić information content (AvgIpc) is 2.26. The first kappa shape index (κ1) is 16.8. The third-order valence-corrected chi connectivity index (χ3v) is 4.15. The van der Waals surface area contributed by atoms with Gasteiger partial charge in [-0.25, -0.2) is 9.59 Å². The summed E-state index contributed by atoms with van der Waals surface area (Å²) in [6.07, 6.45) is 5.32. The molecule has 0 saturated heterocycles. The van der Waals surface area contributed by atoms with E-state index in [1.54, 1.807) is 6.92 Å². The molecule has 0 aromatic heterocycles. The Morgan fingerprint density at radius 1 is 1.40 bits per heavy atom. The number of carboxylic acids is 1. The summed E-state index contributed by atoms with van der Waals surface area (Å²) in [4.78, 5) is 23.3. The largest absolute Gasteiger partial charge is 0.480 e. The first-order chi connectivity index (χ1) is 9.18. The zero-order valence-corrected chi connectivity index (χ0v) is 13.1. The summed E-state index contributed by atoms with van der Waals surface area (Å²) in [7, 11) is 0. The zero-order valence-electron chi connectivity index (χ0n) is 13.1. The third-order valence-electron chi connectivity index (χ3n) is 4.15. The van der Waals surface area contributed by atoms with Crippen LogP contribution in [0.4, 0.5) is 4.79 Å². The van der Waals surface area contributed by atoms with Gasteiger partial charge in [0.1, 0.15) is 5.54 Å². The Labute approximate surface area is 121 Å². The van der Waals surface area contributed by atoms with Crippen molar-refractivity contribution in [1.82, 2.24) is 10.6 Å². The predicted octanol–water partition coefficient (Wildman–Crippen LogP) is 2.90. The molecule has 2 amide bonds. The number of hydrogen-bond donors (Lipinski definition) is 3. The number of hydrogen-bond acceptors (Lipinski definition) is 2. The van der Waals surface area contributed by atoms with Crippen LogP contribution >= 0.6 is 0 Å². The minimum Gasteiger partial charge on any atom is -0.480 e. The minimum atomic E-state index is -1.19.